The van der Waals surface area contributed by atoms with Crippen molar-refractivity contribution in [3.63, 3.8) is 0 Å². The first-order chi connectivity index (χ1) is 11.5. The van der Waals surface area contributed by atoms with Crippen LogP contribution in [-0.4, -0.2) is 20.6 Å². The Labute approximate surface area is 147 Å². The minimum atomic E-state index is -4.47. The molecule has 0 heterocycles. The van der Waals surface area contributed by atoms with Crippen molar-refractivity contribution in [2.75, 3.05) is 6.26 Å². The predicted octanol–water partition coefficient (Wildman–Crippen LogP) is 3.69. The number of amides is 1. The van der Waals surface area contributed by atoms with Gasteiger partial charge >= 0.3 is 6.18 Å². The number of sulfone groups is 1. The molecular weight excluding hydrogens is 379 g/mol. The maximum Gasteiger partial charge on any atom is 0.416 e. The van der Waals surface area contributed by atoms with Crippen molar-refractivity contribution in [2.45, 2.75) is 17.6 Å². The highest BCUT2D eigenvalue weighted by molar-refractivity contribution is 7.90. The van der Waals surface area contributed by atoms with Gasteiger partial charge < -0.3 is 5.32 Å². The Morgan fingerprint density at radius 2 is 1.84 bits per heavy atom. The number of hydrogen-bond donors (Lipinski definition) is 1. The molecule has 9 heteroatoms. The number of carbonyl (C=O) groups is 1. The molecule has 4 nitrogen and oxygen atoms in total. The van der Waals surface area contributed by atoms with Gasteiger partial charge in [-0.05, 0) is 35.9 Å². The summed E-state index contributed by atoms with van der Waals surface area (Å²) < 4.78 is 61.2. The fourth-order valence-corrected chi connectivity index (χ4v) is 3.37. The van der Waals surface area contributed by atoms with Crippen LogP contribution < -0.4 is 5.32 Å². The van der Waals surface area contributed by atoms with Crippen molar-refractivity contribution < 1.29 is 26.4 Å². The van der Waals surface area contributed by atoms with Gasteiger partial charge in [0.25, 0.3) is 5.91 Å². The van der Waals surface area contributed by atoms with Gasteiger partial charge in [-0.25, -0.2) is 8.42 Å². The Morgan fingerprint density at radius 3 is 2.44 bits per heavy atom. The van der Waals surface area contributed by atoms with E-state index in [-0.39, 0.29) is 27.6 Å². The standard InChI is InChI=1S/C16H13ClF3NO3S/c1-25(23,24)14-8-11(5-6-13(14)17)15(22)21-9-10-3-2-4-12(7-10)16(18,19)20/h2-8H,9H2,1H3,(H,21,22). The number of benzene rings is 2. The van der Waals surface area contributed by atoms with Crippen LogP contribution in [-0.2, 0) is 22.6 Å². The van der Waals surface area contributed by atoms with E-state index >= 15 is 0 Å². The fraction of sp³-hybridized carbons (Fsp3) is 0.188. The molecule has 0 aromatic heterocycles. The van der Waals surface area contributed by atoms with Crippen LogP contribution in [0.25, 0.3) is 0 Å². The van der Waals surface area contributed by atoms with E-state index in [1.165, 1.54) is 24.3 Å². The average molecular weight is 392 g/mol. The van der Waals surface area contributed by atoms with E-state index < -0.39 is 27.5 Å². The molecule has 0 fully saturated rings. The number of hydrogen-bond acceptors (Lipinski definition) is 3. The SMILES string of the molecule is CS(=O)(=O)c1cc(C(=O)NCc2cccc(C(F)(F)F)c2)ccc1Cl. The van der Waals surface area contributed by atoms with Crippen molar-refractivity contribution in [1.82, 2.24) is 5.32 Å². The summed E-state index contributed by atoms with van der Waals surface area (Å²) in [5, 5.41) is 2.43. The van der Waals surface area contributed by atoms with Gasteiger partial charge in [0.2, 0.25) is 0 Å². The quantitative estimate of drug-likeness (QED) is 0.864. The summed E-state index contributed by atoms with van der Waals surface area (Å²) in [5.41, 5.74) is -0.512. The van der Waals surface area contributed by atoms with Gasteiger partial charge in [-0.15, -0.1) is 0 Å². The van der Waals surface area contributed by atoms with Crippen LogP contribution >= 0.6 is 11.6 Å². The number of rotatable bonds is 4. The third-order valence-electron chi connectivity index (χ3n) is 3.30. The average Bonchev–Trinajstić information content (AvgIpc) is 2.51. The smallest absolute Gasteiger partial charge is 0.348 e. The van der Waals surface area contributed by atoms with Crippen LogP contribution in [0.15, 0.2) is 47.4 Å². The van der Waals surface area contributed by atoms with Gasteiger partial charge in [-0.1, -0.05) is 23.7 Å². The highest BCUT2D eigenvalue weighted by atomic mass is 35.5. The first-order valence-corrected chi connectivity index (χ1v) is 9.19. The summed E-state index contributed by atoms with van der Waals surface area (Å²) in [6.45, 7) is -0.139. The highest BCUT2D eigenvalue weighted by Crippen LogP contribution is 2.29. The molecule has 134 valence electrons. The second kappa shape index (κ2) is 7.05. The first-order valence-electron chi connectivity index (χ1n) is 6.92. The van der Waals surface area contributed by atoms with Crippen molar-refractivity contribution in [3.05, 3.63) is 64.2 Å². The van der Waals surface area contributed by atoms with Crippen LogP contribution in [0.1, 0.15) is 21.5 Å². The predicted molar refractivity (Wildman–Crippen MR) is 87.2 cm³/mol. The maximum absolute atomic E-state index is 12.7. The van der Waals surface area contributed by atoms with Crippen molar-refractivity contribution >= 4 is 27.3 Å². The number of nitrogens with one attached hydrogen (secondary N) is 1. The van der Waals surface area contributed by atoms with E-state index in [0.717, 1.165) is 24.5 Å². The fourth-order valence-electron chi connectivity index (χ4n) is 2.07. The molecule has 0 aliphatic rings. The molecule has 0 atom stereocenters. The number of carbonyl (C=O) groups excluding carboxylic acids is 1. The summed E-state index contributed by atoms with van der Waals surface area (Å²) in [5.74, 6) is -0.626. The van der Waals surface area contributed by atoms with Crippen LogP contribution in [0.3, 0.4) is 0 Å². The Hall–Kier alpha value is -2.06. The monoisotopic (exact) mass is 391 g/mol. The van der Waals surface area contributed by atoms with E-state index in [2.05, 4.69) is 5.32 Å². The highest BCUT2D eigenvalue weighted by Gasteiger charge is 2.30. The van der Waals surface area contributed by atoms with Crippen molar-refractivity contribution in [3.8, 4) is 0 Å². The molecule has 25 heavy (non-hydrogen) atoms. The molecule has 0 saturated carbocycles. The van der Waals surface area contributed by atoms with Gasteiger partial charge in [0, 0.05) is 18.4 Å². The molecule has 0 bridgehead atoms. The van der Waals surface area contributed by atoms with Crippen molar-refractivity contribution in [1.29, 1.82) is 0 Å². The lowest BCUT2D eigenvalue weighted by molar-refractivity contribution is -0.137. The lowest BCUT2D eigenvalue weighted by Gasteiger charge is -2.10. The number of halogens is 4. The molecule has 1 amide bonds. The van der Waals surface area contributed by atoms with E-state index in [9.17, 15) is 26.4 Å². The molecule has 0 saturated heterocycles. The van der Waals surface area contributed by atoms with Crippen LogP contribution in [0.4, 0.5) is 13.2 Å². The lowest BCUT2D eigenvalue weighted by Crippen LogP contribution is -2.23. The largest absolute Gasteiger partial charge is 0.416 e. The summed E-state index contributed by atoms with van der Waals surface area (Å²) in [6, 6.07) is 8.29. The van der Waals surface area contributed by atoms with E-state index in [4.69, 9.17) is 11.6 Å². The second-order valence-corrected chi connectivity index (χ2v) is 7.69. The normalized spacial score (nSPS) is 12.0. The zero-order chi connectivity index (χ0) is 18.8. The van der Waals surface area contributed by atoms with E-state index in [1.54, 1.807) is 0 Å². The Morgan fingerprint density at radius 1 is 1.16 bits per heavy atom. The third kappa shape index (κ3) is 4.96. The molecule has 2 aromatic carbocycles. The molecule has 2 aromatic rings. The minimum absolute atomic E-state index is 0.0167. The molecule has 0 radical (unpaired) electrons. The van der Waals surface area contributed by atoms with Gasteiger partial charge in [0.15, 0.2) is 9.84 Å². The molecule has 0 unspecified atom stereocenters. The Bertz CT molecular complexity index is 911. The van der Waals surface area contributed by atoms with Crippen molar-refractivity contribution in [2.24, 2.45) is 0 Å². The molecule has 0 spiro atoms. The minimum Gasteiger partial charge on any atom is -0.348 e. The Balaban J connectivity index is 2.16. The van der Waals surface area contributed by atoms with E-state index in [1.807, 2.05) is 0 Å². The van der Waals surface area contributed by atoms with Crippen LogP contribution in [0.2, 0.25) is 5.02 Å². The van der Waals surface area contributed by atoms with Gasteiger partial charge in [-0.2, -0.15) is 13.2 Å². The van der Waals surface area contributed by atoms with Gasteiger partial charge in [0.05, 0.1) is 15.5 Å². The van der Waals surface area contributed by atoms with Crippen LogP contribution in [0, 0.1) is 0 Å². The van der Waals surface area contributed by atoms with E-state index in [0.29, 0.717) is 0 Å². The Kier molecular flexibility index (Phi) is 5.43. The maximum atomic E-state index is 12.7. The van der Waals surface area contributed by atoms with Crippen LogP contribution in [0.5, 0.6) is 0 Å². The summed E-state index contributed by atoms with van der Waals surface area (Å²) in [7, 11) is -3.62. The molecule has 0 aliphatic carbocycles. The molecular formula is C16H13ClF3NO3S. The number of alkyl halides is 3. The summed E-state index contributed by atoms with van der Waals surface area (Å²) >= 11 is 5.80. The first kappa shape index (κ1) is 19.3. The lowest BCUT2D eigenvalue weighted by atomic mass is 10.1. The third-order valence-corrected chi connectivity index (χ3v) is 4.88. The second-order valence-electron chi connectivity index (χ2n) is 5.30. The summed E-state index contributed by atoms with van der Waals surface area (Å²) in [4.78, 5) is 11.9. The van der Waals surface area contributed by atoms with Gasteiger partial charge in [0.1, 0.15) is 0 Å². The molecule has 0 aliphatic heterocycles. The van der Waals surface area contributed by atoms with Gasteiger partial charge in [-0.3, -0.25) is 4.79 Å². The topological polar surface area (TPSA) is 63.2 Å². The molecule has 1 N–H and O–H groups in total. The molecule has 2 rings (SSSR count). The zero-order valence-corrected chi connectivity index (χ0v) is 14.5. The summed E-state index contributed by atoms with van der Waals surface area (Å²) in [6.07, 6.45) is -3.51. The zero-order valence-electron chi connectivity index (χ0n) is 12.9.